The second-order valence-corrected chi connectivity index (χ2v) is 9.38. The van der Waals surface area contributed by atoms with Crippen molar-refractivity contribution >= 4 is 29.1 Å². The van der Waals surface area contributed by atoms with Crippen LogP contribution in [0, 0.1) is 11.8 Å². The number of hydrogen-bond donors (Lipinski definition) is 3. The fraction of sp³-hybridized carbons (Fsp3) is 0.333. The van der Waals surface area contributed by atoms with E-state index in [9.17, 15) is 9.90 Å². The highest BCUT2D eigenvalue weighted by Crippen LogP contribution is 2.33. The van der Waals surface area contributed by atoms with Crippen LogP contribution >= 0.6 is 23.2 Å². The molecule has 7 nitrogen and oxygen atoms in total. The zero-order valence-electron chi connectivity index (χ0n) is 19.8. The van der Waals surface area contributed by atoms with Crippen molar-refractivity contribution in [1.82, 2.24) is 20.2 Å². The minimum Gasteiger partial charge on any atom is -0.396 e. The Morgan fingerprint density at radius 3 is 2.47 bits per heavy atom. The zero-order chi connectivity index (χ0) is 25.5. The van der Waals surface area contributed by atoms with Gasteiger partial charge in [0.2, 0.25) is 0 Å². The number of piperidine rings is 1. The van der Waals surface area contributed by atoms with E-state index < -0.39 is 0 Å². The van der Waals surface area contributed by atoms with Gasteiger partial charge in [0.15, 0.2) is 5.69 Å². The number of hydrazine groups is 1. The van der Waals surface area contributed by atoms with Gasteiger partial charge >= 0.3 is 0 Å². The lowest BCUT2D eigenvalue weighted by Gasteiger charge is -2.26. The van der Waals surface area contributed by atoms with E-state index in [1.807, 2.05) is 29.3 Å². The monoisotopic (exact) mass is 526 g/mol. The molecule has 1 fully saturated rings. The normalized spacial score (nSPS) is 13.8. The third-order valence-electron chi connectivity index (χ3n) is 5.96. The number of amides is 1. The lowest BCUT2D eigenvalue weighted by Crippen LogP contribution is -2.45. The zero-order valence-corrected chi connectivity index (χ0v) is 21.3. The molecule has 1 aromatic heterocycles. The molecular weight excluding hydrogens is 499 g/mol. The summed E-state index contributed by atoms with van der Waals surface area (Å²) in [5, 5.41) is 26.6. The van der Waals surface area contributed by atoms with Gasteiger partial charge in [0.05, 0.1) is 23.0 Å². The van der Waals surface area contributed by atoms with Crippen molar-refractivity contribution in [3.05, 3.63) is 69.3 Å². The first kappa shape index (κ1) is 26.2. The number of halogens is 2. The van der Waals surface area contributed by atoms with Gasteiger partial charge in [-0.05, 0) is 49.6 Å². The van der Waals surface area contributed by atoms with E-state index in [2.05, 4.69) is 22.4 Å². The fourth-order valence-electron chi connectivity index (χ4n) is 4.15. The topological polar surface area (TPSA) is 90.6 Å². The van der Waals surface area contributed by atoms with E-state index in [1.54, 1.807) is 22.9 Å². The summed E-state index contributed by atoms with van der Waals surface area (Å²) in [5.41, 5.74) is 6.14. The van der Waals surface area contributed by atoms with Crippen molar-refractivity contribution in [1.29, 1.82) is 0 Å². The molecule has 0 unspecified atom stereocenters. The second-order valence-electron chi connectivity index (χ2n) is 8.54. The molecule has 4 rings (SSSR count). The molecule has 1 aliphatic rings. The Morgan fingerprint density at radius 1 is 1.06 bits per heavy atom. The standard InChI is InChI=1S/C27H28Cl2N4O3/c28-21-12-13-24(23(29)17-21)33-26(20-10-8-19(9-11-20)7-3-1-6-16-34)22(18-35)25(30-33)27(36)31-32-14-4-2-5-15-32/h8-13,17,34-35H,1-2,4-6,14-16,18H2,(H,31,36). The summed E-state index contributed by atoms with van der Waals surface area (Å²) in [4.78, 5) is 13.3. The molecule has 0 spiro atoms. The van der Waals surface area contributed by atoms with E-state index in [1.165, 1.54) is 0 Å². The first-order chi connectivity index (χ1) is 17.5. The highest BCUT2D eigenvalue weighted by atomic mass is 35.5. The number of benzene rings is 2. The maximum atomic E-state index is 13.3. The molecule has 1 saturated heterocycles. The van der Waals surface area contributed by atoms with Crippen LogP contribution in [-0.2, 0) is 6.61 Å². The van der Waals surface area contributed by atoms with Gasteiger partial charge in [0, 0.05) is 47.8 Å². The van der Waals surface area contributed by atoms with Gasteiger partial charge in [-0.2, -0.15) is 5.10 Å². The number of hydrogen-bond acceptors (Lipinski definition) is 5. The van der Waals surface area contributed by atoms with E-state index in [-0.39, 0.29) is 24.8 Å². The molecule has 1 aliphatic heterocycles. The molecular formula is C27H28Cl2N4O3. The summed E-state index contributed by atoms with van der Waals surface area (Å²) < 4.78 is 1.58. The van der Waals surface area contributed by atoms with Crippen molar-refractivity contribution in [2.24, 2.45) is 0 Å². The fourth-order valence-corrected chi connectivity index (χ4v) is 4.64. The van der Waals surface area contributed by atoms with Gasteiger partial charge in [-0.15, -0.1) is 0 Å². The quantitative estimate of drug-likeness (QED) is 0.309. The Labute approximate surface area is 220 Å². The Morgan fingerprint density at radius 2 is 1.81 bits per heavy atom. The Bertz CT molecular complexity index is 1270. The van der Waals surface area contributed by atoms with Gasteiger partial charge in [0.25, 0.3) is 5.91 Å². The first-order valence-electron chi connectivity index (χ1n) is 12.0. The number of carbonyl (C=O) groups excluding carboxylic acids is 1. The second kappa shape index (κ2) is 12.4. The molecule has 188 valence electrons. The van der Waals surface area contributed by atoms with Crippen molar-refractivity contribution in [3.63, 3.8) is 0 Å². The van der Waals surface area contributed by atoms with Crippen LogP contribution in [0.25, 0.3) is 16.9 Å². The van der Waals surface area contributed by atoms with Crippen LogP contribution in [0.15, 0.2) is 42.5 Å². The van der Waals surface area contributed by atoms with Crippen molar-refractivity contribution in [2.45, 2.75) is 38.7 Å². The Hall–Kier alpha value is -2.86. The predicted molar refractivity (Wildman–Crippen MR) is 141 cm³/mol. The molecule has 3 aromatic rings. The van der Waals surface area contributed by atoms with Gasteiger partial charge in [-0.3, -0.25) is 10.2 Å². The number of unbranched alkanes of at least 4 members (excludes halogenated alkanes) is 1. The number of aliphatic hydroxyl groups is 2. The minimum atomic E-state index is -0.383. The van der Waals surface area contributed by atoms with Crippen molar-refractivity contribution < 1.29 is 15.0 Å². The molecule has 0 saturated carbocycles. The lowest BCUT2D eigenvalue weighted by molar-refractivity contribution is 0.0741. The van der Waals surface area contributed by atoms with E-state index in [0.717, 1.165) is 43.5 Å². The molecule has 2 heterocycles. The largest absolute Gasteiger partial charge is 0.396 e. The van der Waals surface area contributed by atoms with Gasteiger partial charge in [-0.1, -0.05) is 53.6 Å². The SMILES string of the molecule is O=C(NN1CCCCC1)c1nn(-c2ccc(Cl)cc2Cl)c(-c2ccc(C#CCCCO)cc2)c1CO. The minimum absolute atomic E-state index is 0.114. The molecule has 2 aromatic carbocycles. The number of aliphatic hydroxyl groups excluding tert-OH is 2. The smallest absolute Gasteiger partial charge is 0.286 e. The van der Waals surface area contributed by atoms with Crippen LogP contribution in [0.5, 0.6) is 0 Å². The molecule has 36 heavy (non-hydrogen) atoms. The van der Waals surface area contributed by atoms with E-state index >= 15 is 0 Å². The predicted octanol–water partition coefficient (Wildman–Crippen LogP) is 4.59. The van der Waals surface area contributed by atoms with E-state index in [0.29, 0.717) is 39.8 Å². The molecule has 0 bridgehead atoms. The van der Waals surface area contributed by atoms with Gasteiger partial charge < -0.3 is 10.2 Å². The molecule has 3 N–H and O–H groups in total. The maximum Gasteiger partial charge on any atom is 0.286 e. The van der Waals surface area contributed by atoms with Crippen LogP contribution < -0.4 is 5.43 Å². The summed E-state index contributed by atoms with van der Waals surface area (Å²) in [7, 11) is 0. The highest BCUT2D eigenvalue weighted by molar-refractivity contribution is 6.35. The molecule has 9 heteroatoms. The number of nitrogens with zero attached hydrogens (tertiary/aromatic N) is 3. The maximum absolute atomic E-state index is 13.3. The van der Waals surface area contributed by atoms with Crippen LogP contribution in [0.1, 0.15) is 53.7 Å². The van der Waals surface area contributed by atoms with Crippen LogP contribution in [0.3, 0.4) is 0 Å². The lowest BCUT2D eigenvalue weighted by atomic mass is 10.0. The Balaban J connectivity index is 1.76. The highest BCUT2D eigenvalue weighted by Gasteiger charge is 2.26. The summed E-state index contributed by atoms with van der Waals surface area (Å²) in [6.45, 7) is 1.28. The number of aromatic nitrogens is 2. The number of nitrogens with one attached hydrogen (secondary N) is 1. The summed E-state index contributed by atoms with van der Waals surface area (Å²) >= 11 is 12.6. The molecule has 0 aliphatic carbocycles. The van der Waals surface area contributed by atoms with Crippen molar-refractivity contribution in [3.8, 4) is 28.8 Å². The number of carbonyl (C=O) groups is 1. The summed E-state index contributed by atoms with van der Waals surface area (Å²) in [6.07, 6.45) is 4.42. The molecule has 0 atom stereocenters. The Kier molecular flexibility index (Phi) is 9.03. The average molecular weight is 527 g/mol. The molecule has 0 radical (unpaired) electrons. The molecule has 1 amide bonds. The van der Waals surface area contributed by atoms with Gasteiger partial charge in [-0.25, -0.2) is 9.69 Å². The first-order valence-corrected chi connectivity index (χ1v) is 12.7. The third kappa shape index (κ3) is 6.09. The summed E-state index contributed by atoms with van der Waals surface area (Å²) in [6, 6.07) is 12.5. The van der Waals surface area contributed by atoms with Crippen LogP contribution in [-0.4, -0.2) is 50.6 Å². The van der Waals surface area contributed by atoms with Crippen LogP contribution in [0.4, 0.5) is 0 Å². The van der Waals surface area contributed by atoms with Crippen LogP contribution in [0.2, 0.25) is 10.0 Å². The average Bonchev–Trinajstić information content (AvgIpc) is 3.27. The van der Waals surface area contributed by atoms with Gasteiger partial charge in [0.1, 0.15) is 0 Å². The third-order valence-corrected chi connectivity index (χ3v) is 6.50. The van der Waals surface area contributed by atoms with E-state index in [4.69, 9.17) is 28.3 Å². The van der Waals surface area contributed by atoms with Crippen molar-refractivity contribution in [2.75, 3.05) is 19.7 Å². The summed E-state index contributed by atoms with van der Waals surface area (Å²) in [5.74, 6) is 5.74. The number of rotatable bonds is 7.